The molecule has 0 aromatic carbocycles. The fourth-order valence-electron chi connectivity index (χ4n) is 0.919. The number of amidine groups is 1. The van der Waals surface area contributed by atoms with E-state index >= 15 is 0 Å². The Morgan fingerprint density at radius 2 is 1.80 bits per heavy atom. The highest BCUT2D eigenvalue weighted by atomic mass is 19.1. The van der Waals surface area contributed by atoms with Crippen molar-refractivity contribution in [2.45, 2.75) is 45.4 Å². The summed E-state index contributed by atoms with van der Waals surface area (Å²) in [6, 6.07) is 0. The third kappa shape index (κ3) is 24.6. The third-order valence-corrected chi connectivity index (χ3v) is 1.66. The van der Waals surface area contributed by atoms with Crippen LogP contribution in [0.5, 0.6) is 0 Å². The van der Waals surface area contributed by atoms with Crippen LogP contribution in [0.15, 0.2) is 0 Å². The first-order chi connectivity index (χ1) is 7.04. The minimum Gasteiger partial charge on any atom is -0.479 e. The zero-order valence-corrected chi connectivity index (χ0v) is 9.26. The summed E-state index contributed by atoms with van der Waals surface area (Å²) in [5.41, 5.74) is 5.19. The van der Waals surface area contributed by atoms with Crippen LogP contribution in [0.25, 0.3) is 0 Å². The van der Waals surface area contributed by atoms with Crippen molar-refractivity contribution in [3.05, 3.63) is 0 Å². The van der Waals surface area contributed by atoms with E-state index in [9.17, 15) is 4.39 Å². The lowest BCUT2D eigenvalue weighted by Crippen LogP contribution is -2.08. The summed E-state index contributed by atoms with van der Waals surface area (Å²) < 4.78 is 10.5. The summed E-state index contributed by atoms with van der Waals surface area (Å²) in [6.45, 7) is 0.922. The van der Waals surface area contributed by atoms with Crippen LogP contribution < -0.4 is 5.73 Å². The molecule has 0 aromatic heterocycles. The molecular weight excluding hydrogens is 199 g/mol. The molecule has 0 aliphatic heterocycles. The lowest BCUT2D eigenvalue weighted by atomic mass is 10.1. The second kappa shape index (κ2) is 12.9. The van der Waals surface area contributed by atoms with Gasteiger partial charge < -0.3 is 10.8 Å². The smallest absolute Gasteiger partial charge is 0.335 e. The zero-order valence-electron chi connectivity index (χ0n) is 9.26. The number of hydrogen-bond acceptors (Lipinski definition) is 2. The van der Waals surface area contributed by atoms with Gasteiger partial charge in [0, 0.05) is 6.42 Å². The van der Waals surface area contributed by atoms with Crippen molar-refractivity contribution in [3.8, 4) is 0 Å². The van der Waals surface area contributed by atoms with E-state index in [1.807, 2.05) is 0 Å². The average molecular weight is 220 g/mol. The van der Waals surface area contributed by atoms with Gasteiger partial charge in [-0.1, -0.05) is 32.6 Å². The summed E-state index contributed by atoms with van der Waals surface area (Å²) in [4.78, 5) is 8.99. The number of halogens is 1. The van der Waals surface area contributed by atoms with Crippen LogP contribution in [0.3, 0.4) is 0 Å². The minimum atomic E-state index is -1.41. The van der Waals surface area contributed by atoms with Crippen LogP contribution >= 0.6 is 0 Å². The van der Waals surface area contributed by atoms with E-state index in [4.69, 9.17) is 21.0 Å². The first-order valence-corrected chi connectivity index (χ1v) is 5.15. The minimum absolute atomic E-state index is 0.330. The fraction of sp³-hybridized carbons (Fsp3) is 0.800. The number of rotatable bonds is 7. The number of nitrogens with one attached hydrogen (secondary N) is 1. The maximum absolute atomic E-state index is 10.5. The molecule has 0 aromatic rings. The Hall–Kier alpha value is -1.13. The lowest BCUT2D eigenvalue weighted by molar-refractivity contribution is -0.137. The summed E-state index contributed by atoms with van der Waals surface area (Å²) >= 11 is 0. The maximum Gasteiger partial charge on any atom is 0.335 e. The Morgan fingerprint density at radius 1 is 1.33 bits per heavy atom. The van der Waals surface area contributed by atoms with Gasteiger partial charge in [0.15, 0.2) is 6.67 Å². The molecule has 0 radical (unpaired) electrons. The van der Waals surface area contributed by atoms with E-state index in [0.717, 1.165) is 12.8 Å². The van der Waals surface area contributed by atoms with E-state index in [2.05, 4.69) is 6.92 Å². The third-order valence-electron chi connectivity index (χ3n) is 1.66. The van der Waals surface area contributed by atoms with Gasteiger partial charge in [0.1, 0.15) is 0 Å². The van der Waals surface area contributed by atoms with Crippen LogP contribution in [-0.4, -0.2) is 23.6 Å². The number of carboxylic acid groups (broad SMARTS) is 1. The van der Waals surface area contributed by atoms with Gasteiger partial charge >= 0.3 is 5.97 Å². The molecule has 0 spiro atoms. The standard InChI is InChI=1S/C8H18N2.C2H3FO2/c1-2-3-4-5-6-7-8(9)10;3-1-2(4)5/h2-7H2,1H3,(H3,9,10);1H2,(H,4,5). The quantitative estimate of drug-likeness (QED) is 0.349. The number of aliphatic carboxylic acids is 1. The Kier molecular flexibility index (Phi) is 14.0. The maximum atomic E-state index is 10.5. The molecule has 4 N–H and O–H groups in total. The zero-order chi connectivity index (χ0) is 12.1. The van der Waals surface area contributed by atoms with Gasteiger partial charge in [0.2, 0.25) is 0 Å². The van der Waals surface area contributed by atoms with E-state index in [1.165, 1.54) is 25.7 Å². The molecule has 90 valence electrons. The second-order valence-corrected chi connectivity index (χ2v) is 3.22. The molecule has 0 saturated carbocycles. The van der Waals surface area contributed by atoms with E-state index in [-0.39, 0.29) is 0 Å². The number of alkyl halides is 1. The molecule has 0 aliphatic rings. The van der Waals surface area contributed by atoms with Crippen molar-refractivity contribution < 1.29 is 14.3 Å². The Bertz CT molecular complexity index is 175. The van der Waals surface area contributed by atoms with Crippen molar-refractivity contribution in [1.29, 1.82) is 5.41 Å². The number of unbranched alkanes of at least 4 members (excludes halogenated alkanes) is 4. The van der Waals surface area contributed by atoms with Crippen LogP contribution in [0.1, 0.15) is 45.4 Å². The van der Waals surface area contributed by atoms with Gasteiger partial charge in [-0.3, -0.25) is 5.41 Å². The normalized spacial score (nSPS) is 8.93. The van der Waals surface area contributed by atoms with Crippen LogP contribution in [0.2, 0.25) is 0 Å². The van der Waals surface area contributed by atoms with E-state index in [1.54, 1.807) is 0 Å². The van der Waals surface area contributed by atoms with Gasteiger partial charge in [0.25, 0.3) is 0 Å². The molecular formula is C10H21FN2O2. The van der Waals surface area contributed by atoms with Crippen LogP contribution in [0, 0.1) is 5.41 Å². The highest BCUT2D eigenvalue weighted by Crippen LogP contribution is 2.03. The van der Waals surface area contributed by atoms with Crippen molar-refractivity contribution >= 4 is 11.8 Å². The topological polar surface area (TPSA) is 87.2 Å². The summed E-state index contributed by atoms with van der Waals surface area (Å²) in [6.07, 6.45) is 6.99. The van der Waals surface area contributed by atoms with Gasteiger partial charge in [-0.05, 0) is 6.42 Å². The first-order valence-electron chi connectivity index (χ1n) is 5.15. The number of nitrogens with two attached hydrogens (primary N) is 1. The molecule has 4 nitrogen and oxygen atoms in total. The van der Waals surface area contributed by atoms with Crippen molar-refractivity contribution in [2.75, 3.05) is 6.67 Å². The molecule has 0 rings (SSSR count). The molecule has 15 heavy (non-hydrogen) atoms. The average Bonchev–Trinajstić information content (AvgIpc) is 2.18. The molecule has 0 amide bonds. The molecule has 0 saturated heterocycles. The second-order valence-electron chi connectivity index (χ2n) is 3.22. The molecule has 0 atom stereocenters. The number of carboxylic acids is 1. The first kappa shape index (κ1) is 16.3. The molecule has 0 bridgehead atoms. The largest absolute Gasteiger partial charge is 0.479 e. The molecule has 0 heterocycles. The monoisotopic (exact) mass is 220 g/mol. The molecule has 0 aliphatic carbocycles. The van der Waals surface area contributed by atoms with E-state index < -0.39 is 12.6 Å². The van der Waals surface area contributed by atoms with Gasteiger partial charge in [-0.2, -0.15) is 0 Å². The van der Waals surface area contributed by atoms with Crippen LogP contribution in [-0.2, 0) is 4.79 Å². The van der Waals surface area contributed by atoms with Gasteiger partial charge in [-0.25, -0.2) is 9.18 Å². The van der Waals surface area contributed by atoms with Gasteiger partial charge in [0.05, 0.1) is 5.84 Å². The van der Waals surface area contributed by atoms with Crippen molar-refractivity contribution in [1.82, 2.24) is 0 Å². The van der Waals surface area contributed by atoms with Crippen molar-refractivity contribution in [3.63, 3.8) is 0 Å². The SMILES string of the molecule is CCCCCCCC(=N)N.O=C(O)CF. The fourth-order valence-corrected chi connectivity index (χ4v) is 0.919. The highest BCUT2D eigenvalue weighted by molar-refractivity contribution is 5.76. The Morgan fingerprint density at radius 3 is 2.13 bits per heavy atom. The number of hydrogen-bond donors (Lipinski definition) is 3. The summed E-state index contributed by atoms with van der Waals surface area (Å²) in [5.74, 6) is -1.08. The van der Waals surface area contributed by atoms with Gasteiger partial charge in [-0.15, -0.1) is 0 Å². The van der Waals surface area contributed by atoms with E-state index in [0.29, 0.717) is 5.84 Å². The Labute approximate surface area is 90.2 Å². The Balaban J connectivity index is 0. The number of carbonyl (C=O) groups is 1. The lowest BCUT2D eigenvalue weighted by Gasteiger charge is -1.97. The summed E-state index contributed by atoms with van der Waals surface area (Å²) in [5, 5.41) is 14.3. The predicted molar refractivity (Wildman–Crippen MR) is 58.9 cm³/mol. The molecule has 0 fully saturated rings. The summed E-state index contributed by atoms with van der Waals surface area (Å²) in [7, 11) is 0. The highest BCUT2D eigenvalue weighted by Gasteiger charge is 1.90. The van der Waals surface area contributed by atoms with Crippen molar-refractivity contribution in [2.24, 2.45) is 5.73 Å². The van der Waals surface area contributed by atoms with Crippen LogP contribution in [0.4, 0.5) is 4.39 Å². The molecule has 5 heteroatoms. The molecule has 0 unspecified atom stereocenters. The predicted octanol–water partition coefficient (Wildman–Crippen LogP) is 2.32.